The van der Waals surface area contributed by atoms with Crippen molar-refractivity contribution >= 4 is 16.9 Å². The van der Waals surface area contributed by atoms with E-state index in [9.17, 15) is 19.8 Å². The molecule has 0 radical (unpaired) electrons. The second kappa shape index (κ2) is 7.83. The van der Waals surface area contributed by atoms with E-state index in [1.165, 1.54) is 0 Å². The summed E-state index contributed by atoms with van der Waals surface area (Å²) < 4.78 is 1.79. The lowest BCUT2D eigenvalue weighted by molar-refractivity contribution is -0.0381. The summed E-state index contributed by atoms with van der Waals surface area (Å²) in [5.41, 5.74) is 1.98. The standard InChI is InChI=1S/C22H30N4O4/c27-17-4-2-16(3-5-17)26-20-6-1-14(11-19(20)23-22(26)30)21(29)24-9-7-15(8-10-24)25-12-18(28)13-25/h1,6,11,15-18,27-28H,2-5,7-10,12-13H2,(H,23,30). The number of H-pyrrole nitrogens is 1. The van der Waals surface area contributed by atoms with Gasteiger partial charge in [0.15, 0.2) is 0 Å². The quantitative estimate of drug-likeness (QED) is 0.698. The van der Waals surface area contributed by atoms with Gasteiger partial charge in [-0.1, -0.05) is 0 Å². The van der Waals surface area contributed by atoms with Crippen molar-refractivity contribution in [2.75, 3.05) is 26.2 Å². The molecule has 1 aliphatic carbocycles. The van der Waals surface area contributed by atoms with Crippen LogP contribution in [0.15, 0.2) is 23.0 Å². The van der Waals surface area contributed by atoms with Gasteiger partial charge >= 0.3 is 5.69 Å². The molecule has 30 heavy (non-hydrogen) atoms. The molecule has 8 heteroatoms. The van der Waals surface area contributed by atoms with Crippen LogP contribution in [0.2, 0.25) is 0 Å². The van der Waals surface area contributed by atoms with Crippen LogP contribution in [0.25, 0.3) is 11.0 Å². The first-order valence-corrected chi connectivity index (χ1v) is 11.1. The van der Waals surface area contributed by atoms with Crippen molar-refractivity contribution in [2.45, 2.75) is 62.8 Å². The summed E-state index contributed by atoms with van der Waals surface area (Å²) in [5.74, 6) is 0.00776. The first-order valence-electron chi connectivity index (χ1n) is 11.1. The van der Waals surface area contributed by atoms with Crippen LogP contribution in [-0.2, 0) is 0 Å². The van der Waals surface area contributed by atoms with Crippen molar-refractivity contribution in [1.29, 1.82) is 0 Å². The zero-order valence-electron chi connectivity index (χ0n) is 17.2. The Morgan fingerprint density at radius 2 is 1.63 bits per heavy atom. The number of rotatable bonds is 3. The van der Waals surface area contributed by atoms with Crippen LogP contribution in [0.5, 0.6) is 0 Å². The van der Waals surface area contributed by atoms with Crippen molar-refractivity contribution in [3.05, 3.63) is 34.2 Å². The minimum atomic E-state index is -0.262. The number of β-amino-alcohol motifs (C(OH)–C–C–N with tert-alkyl or cyclic N) is 1. The van der Waals surface area contributed by atoms with E-state index in [4.69, 9.17) is 0 Å². The van der Waals surface area contributed by atoms with Crippen molar-refractivity contribution in [3.8, 4) is 0 Å². The molecule has 0 unspecified atom stereocenters. The molecule has 0 spiro atoms. The van der Waals surface area contributed by atoms with Crippen molar-refractivity contribution < 1.29 is 15.0 Å². The molecule has 3 N–H and O–H groups in total. The predicted molar refractivity (Wildman–Crippen MR) is 113 cm³/mol. The fourth-order valence-electron chi connectivity index (χ4n) is 5.35. The molecule has 0 bridgehead atoms. The van der Waals surface area contributed by atoms with E-state index in [0.717, 1.165) is 57.4 Å². The number of aromatic nitrogens is 2. The number of aliphatic hydroxyl groups excluding tert-OH is 2. The molecule has 8 nitrogen and oxygen atoms in total. The Labute approximate surface area is 175 Å². The van der Waals surface area contributed by atoms with Crippen LogP contribution in [0.1, 0.15) is 54.9 Å². The maximum absolute atomic E-state index is 13.0. The molecule has 162 valence electrons. The first kappa shape index (κ1) is 19.8. The van der Waals surface area contributed by atoms with E-state index in [2.05, 4.69) is 9.88 Å². The zero-order valence-corrected chi connectivity index (χ0v) is 17.2. The molecular weight excluding hydrogens is 384 g/mol. The highest BCUT2D eigenvalue weighted by molar-refractivity contribution is 5.97. The average molecular weight is 415 g/mol. The Kier molecular flexibility index (Phi) is 5.16. The van der Waals surface area contributed by atoms with Crippen LogP contribution in [-0.4, -0.2) is 79.9 Å². The van der Waals surface area contributed by atoms with Gasteiger partial charge in [-0.3, -0.25) is 14.3 Å². The molecule has 2 aromatic rings. The smallest absolute Gasteiger partial charge is 0.326 e. The van der Waals surface area contributed by atoms with Crippen molar-refractivity contribution in [3.63, 3.8) is 0 Å². The van der Waals surface area contributed by atoms with Gasteiger partial charge in [0.1, 0.15) is 0 Å². The van der Waals surface area contributed by atoms with Gasteiger partial charge in [-0.15, -0.1) is 0 Å². The third-order valence-corrected chi connectivity index (χ3v) is 7.15. The number of amides is 1. The lowest BCUT2D eigenvalue weighted by Crippen LogP contribution is -2.58. The highest BCUT2D eigenvalue weighted by atomic mass is 16.3. The number of benzene rings is 1. The van der Waals surface area contributed by atoms with E-state index in [-0.39, 0.29) is 29.8 Å². The number of likely N-dealkylation sites (tertiary alicyclic amines) is 2. The van der Waals surface area contributed by atoms with E-state index in [0.29, 0.717) is 30.0 Å². The Morgan fingerprint density at radius 3 is 2.30 bits per heavy atom. The minimum Gasteiger partial charge on any atom is -0.393 e. The Bertz CT molecular complexity index is 977. The minimum absolute atomic E-state index is 0.00776. The van der Waals surface area contributed by atoms with E-state index < -0.39 is 0 Å². The Hall–Kier alpha value is -2.16. The summed E-state index contributed by atoms with van der Waals surface area (Å²) in [6.45, 7) is 2.94. The van der Waals surface area contributed by atoms with Crippen LogP contribution in [0.3, 0.4) is 0 Å². The van der Waals surface area contributed by atoms with Crippen molar-refractivity contribution in [2.24, 2.45) is 0 Å². The fourth-order valence-corrected chi connectivity index (χ4v) is 5.35. The number of aliphatic hydroxyl groups is 2. The van der Waals surface area contributed by atoms with Crippen LogP contribution in [0.4, 0.5) is 0 Å². The monoisotopic (exact) mass is 414 g/mol. The molecule has 1 saturated carbocycles. The zero-order chi connectivity index (χ0) is 20.8. The molecule has 2 aliphatic heterocycles. The average Bonchev–Trinajstić information content (AvgIpc) is 3.06. The summed E-state index contributed by atoms with van der Waals surface area (Å²) in [5, 5.41) is 19.2. The number of carbonyl (C=O) groups excluding carboxylic acids is 1. The Morgan fingerprint density at radius 1 is 0.933 bits per heavy atom. The number of nitrogens with zero attached hydrogens (tertiary/aromatic N) is 3. The number of nitrogens with one attached hydrogen (secondary N) is 1. The van der Waals surface area contributed by atoms with Gasteiger partial charge in [0.2, 0.25) is 0 Å². The van der Waals surface area contributed by atoms with Gasteiger partial charge < -0.3 is 20.1 Å². The van der Waals surface area contributed by atoms with Crippen molar-refractivity contribution in [1.82, 2.24) is 19.4 Å². The van der Waals surface area contributed by atoms with E-state index in [1.807, 2.05) is 17.0 Å². The number of piperidine rings is 1. The lowest BCUT2D eigenvalue weighted by Gasteiger charge is -2.45. The number of fused-ring (bicyclic) bond motifs is 1. The second-order valence-corrected chi connectivity index (χ2v) is 9.13. The molecule has 3 aliphatic rings. The topological polar surface area (TPSA) is 102 Å². The van der Waals surface area contributed by atoms with Gasteiger partial charge in [0.05, 0.1) is 23.2 Å². The summed E-state index contributed by atoms with van der Waals surface area (Å²) in [6, 6.07) is 6.05. The van der Waals surface area contributed by atoms with Gasteiger partial charge in [0.25, 0.3) is 5.91 Å². The third kappa shape index (κ3) is 3.57. The number of aromatic amines is 1. The molecular formula is C22H30N4O4. The second-order valence-electron chi connectivity index (χ2n) is 9.13. The summed E-state index contributed by atoms with van der Waals surface area (Å²) in [6.07, 6.45) is 4.42. The molecule has 1 aromatic carbocycles. The van der Waals surface area contributed by atoms with Crippen LogP contribution >= 0.6 is 0 Å². The summed E-state index contributed by atoms with van der Waals surface area (Å²) in [7, 11) is 0. The molecule has 5 rings (SSSR count). The van der Waals surface area contributed by atoms with Gasteiger partial charge in [0, 0.05) is 43.8 Å². The van der Waals surface area contributed by atoms with Crippen LogP contribution in [0, 0.1) is 0 Å². The largest absolute Gasteiger partial charge is 0.393 e. The molecule has 3 heterocycles. The number of hydrogen-bond acceptors (Lipinski definition) is 5. The molecule has 1 aromatic heterocycles. The van der Waals surface area contributed by atoms with E-state index in [1.54, 1.807) is 10.6 Å². The van der Waals surface area contributed by atoms with Gasteiger partial charge in [-0.05, 0) is 56.7 Å². The third-order valence-electron chi connectivity index (χ3n) is 7.15. The molecule has 2 saturated heterocycles. The maximum Gasteiger partial charge on any atom is 0.326 e. The van der Waals surface area contributed by atoms with Crippen LogP contribution < -0.4 is 5.69 Å². The highest BCUT2D eigenvalue weighted by Gasteiger charge is 2.34. The lowest BCUT2D eigenvalue weighted by atomic mass is 9.93. The van der Waals surface area contributed by atoms with Gasteiger partial charge in [-0.25, -0.2) is 4.79 Å². The number of hydrogen-bond donors (Lipinski definition) is 3. The molecule has 1 amide bonds. The number of carbonyl (C=O) groups is 1. The van der Waals surface area contributed by atoms with Gasteiger partial charge in [-0.2, -0.15) is 0 Å². The maximum atomic E-state index is 13.0. The number of imidazole rings is 1. The fraction of sp³-hybridized carbons (Fsp3) is 0.636. The summed E-state index contributed by atoms with van der Waals surface area (Å²) >= 11 is 0. The summed E-state index contributed by atoms with van der Waals surface area (Å²) in [4.78, 5) is 32.7. The SMILES string of the molecule is O=C(c1ccc2c(c1)[nH]c(=O)n2C1CCC(O)CC1)N1CCC(N2CC(O)C2)CC1. The normalized spacial score (nSPS) is 26.8. The first-order chi connectivity index (χ1) is 14.5. The van der Waals surface area contributed by atoms with E-state index >= 15 is 0 Å². The molecule has 0 atom stereocenters. The predicted octanol–water partition coefficient (Wildman–Crippen LogP) is 1.09. The highest BCUT2D eigenvalue weighted by Crippen LogP contribution is 2.30. The molecule has 3 fully saturated rings. The Balaban J connectivity index is 1.29.